The number of aromatic nitrogens is 1. The molecule has 1 aromatic carbocycles. The van der Waals surface area contributed by atoms with Gasteiger partial charge in [-0.25, -0.2) is 9.78 Å². The van der Waals surface area contributed by atoms with Gasteiger partial charge >= 0.3 is 5.97 Å². The molecule has 0 bridgehead atoms. The van der Waals surface area contributed by atoms with Gasteiger partial charge in [0.25, 0.3) is 5.91 Å². The van der Waals surface area contributed by atoms with E-state index in [1.807, 2.05) is 0 Å². The molecule has 1 amide bonds. The van der Waals surface area contributed by atoms with Crippen LogP contribution < -0.4 is 5.32 Å². The molecular formula is C14H11FN2O3. The first-order valence-corrected chi connectivity index (χ1v) is 5.74. The third-order valence-electron chi connectivity index (χ3n) is 2.64. The highest BCUT2D eigenvalue weighted by Crippen LogP contribution is 2.18. The van der Waals surface area contributed by atoms with Crippen molar-refractivity contribution in [2.45, 2.75) is 6.92 Å². The molecule has 2 rings (SSSR count). The van der Waals surface area contributed by atoms with E-state index < -0.39 is 17.8 Å². The molecule has 2 N–H and O–H groups in total. The molecule has 0 unspecified atom stereocenters. The first kappa shape index (κ1) is 13.7. The van der Waals surface area contributed by atoms with E-state index in [4.69, 9.17) is 5.11 Å². The maximum atomic E-state index is 12.9. The summed E-state index contributed by atoms with van der Waals surface area (Å²) in [6, 6.07) is 6.94. The Hall–Kier alpha value is -2.76. The van der Waals surface area contributed by atoms with Crippen LogP contribution in [0.3, 0.4) is 0 Å². The second-order valence-corrected chi connectivity index (χ2v) is 4.18. The van der Waals surface area contributed by atoms with Gasteiger partial charge in [0.05, 0.1) is 11.3 Å². The number of carbonyl (C=O) groups is 2. The van der Waals surface area contributed by atoms with Crippen LogP contribution in [0.5, 0.6) is 0 Å². The maximum Gasteiger partial charge on any atom is 0.337 e. The lowest BCUT2D eigenvalue weighted by Crippen LogP contribution is -2.15. The number of rotatable bonds is 3. The molecule has 5 nitrogen and oxygen atoms in total. The number of aryl methyl sites for hydroxylation is 1. The Balaban J connectivity index is 2.30. The summed E-state index contributed by atoms with van der Waals surface area (Å²) in [6.45, 7) is 1.75. The fourth-order valence-corrected chi connectivity index (χ4v) is 1.68. The van der Waals surface area contributed by atoms with Crippen molar-refractivity contribution in [1.82, 2.24) is 4.98 Å². The van der Waals surface area contributed by atoms with Crippen molar-refractivity contribution in [3.8, 4) is 0 Å². The average molecular weight is 274 g/mol. The summed E-state index contributed by atoms with van der Waals surface area (Å²) in [5.74, 6) is -2.53. The molecule has 1 heterocycles. The zero-order valence-corrected chi connectivity index (χ0v) is 10.6. The van der Waals surface area contributed by atoms with E-state index >= 15 is 0 Å². The molecule has 2 aromatic rings. The summed E-state index contributed by atoms with van der Waals surface area (Å²) in [5.41, 5.74) is 0.961. The van der Waals surface area contributed by atoms with Crippen molar-refractivity contribution < 1.29 is 19.1 Å². The fourth-order valence-electron chi connectivity index (χ4n) is 1.68. The molecule has 0 saturated carbocycles. The first-order chi connectivity index (χ1) is 9.47. The Labute approximate surface area is 114 Å². The monoisotopic (exact) mass is 274 g/mol. The first-order valence-electron chi connectivity index (χ1n) is 5.74. The normalized spacial score (nSPS) is 10.1. The summed E-state index contributed by atoms with van der Waals surface area (Å²) in [6.07, 6.45) is 1.16. The largest absolute Gasteiger partial charge is 0.478 e. The molecule has 0 fully saturated rings. The number of amides is 1. The van der Waals surface area contributed by atoms with Gasteiger partial charge in [0, 0.05) is 17.8 Å². The maximum absolute atomic E-state index is 12.9. The Bertz CT molecular complexity index is 686. The van der Waals surface area contributed by atoms with E-state index in [0.717, 1.165) is 17.8 Å². The number of halogens is 1. The second-order valence-electron chi connectivity index (χ2n) is 4.18. The minimum atomic E-state index is -1.15. The molecule has 0 saturated heterocycles. The lowest BCUT2D eigenvalue weighted by Gasteiger charge is -2.09. The Morgan fingerprint density at radius 2 is 2.00 bits per heavy atom. The van der Waals surface area contributed by atoms with Gasteiger partial charge < -0.3 is 10.4 Å². The van der Waals surface area contributed by atoms with Crippen LogP contribution in [0.15, 0.2) is 36.5 Å². The molecule has 20 heavy (non-hydrogen) atoms. The molecule has 0 spiro atoms. The lowest BCUT2D eigenvalue weighted by molar-refractivity contribution is 0.0698. The van der Waals surface area contributed by atoms with E-state index in [1.54, 1.807) is 13.0 Å². The van der Waals surface area contributed by atoms with Crippen molar-refractivity contribution >= 4 is 17.6 Å². The van der Waals surface area contributed by atoms with Gasteiger partial charge in [-0.2, -0.15) is 4.39 Å². The Morgan fingerprint density at radius 1 is 1.25 bits per heavy atom. The number of carboxylic acids is 1. The minimum Gasteiger partial charge on any atom is -0.478 e. The van der Waals surface area contributed by atoms with Crippen LogP contribution in [0.2, 0.25) is 0 Å². The van der Waals surface area contributed by atoms with Gasteiger partial charge in [0.2, 0.25) is 5.95 Å². The van der Waals surface area contributed by atoms with Crippen molar-refractivity contribution in [2.24, 2.45) is 0 Å². The van der Waals surface area contributed by atoms with E-state index in [2.05, 4.69) is 10.3 Å². The molecule has 0 aliphatic rings. The van der Waals surface area contributed by atoms with E-state index in [9.17, 15) is 14.0 Å². The fraction of sp³-hybridized carbons (Fsp3) is 0.0714. The van der Waals surface area contributed by atoms with Crippen molar-refractivity contribution in [3.05, 3.63) is 59.2 Å². The van der Waals surface area contributed by atoms with Crippen LogP contribution in [0.25, 0.3) is 0 Å². The number of carbonyl (C=O) groups excluding carboxylic acids is 1. The standard InChI is InChI=1S/C14H11FN2O3/c1-8-2-3-11(10(6-8)14(19)20)17-13(18)9-4-5-16-12(15)7-9/h2-7H,1H3,(H,17,18)(H,19,20). The number of hydrogen-bond acceptors (Lipinski definition) is 3. The van der Waals surface area contributed by atoms with Crippen LogP contribution in [-0.4, -0.2) is 22.0 Å². The van der Waals surface area contributed by atoms with Crippen LogP contribution >= 0.6 is 0 Å². The highest BCUT2D eigenvalue weighted by Gasteiger charge is 2.14. The van der Waals surface area contributed by atoms with Crippen molar-refractivity contribution in [2.75, 3.05) is 5.32 Å². The van der Waals surface area contributed by atoms with Crippen molar-refractivity contribution in [1.29, 1.82) is 0 Å². The molecule has 0 radical (unpaired) electrons. The smallest absolute Gasteiger partial charge is 0.337 e. The molecule has 102 valence electrons. The average Bonchev–Trinajstić information content (AvgIpc) is 2.40. The molecular weight excluding hydrogens is 263 g/mol. The number of pyridine rings is 1. The number of benzene rings is 1. The summed E-state index contributed by atoms with van der Waals surface area (Å²) in [5, 5.41) is 11.5. The number of carboxylic acid groups (broad SMARTS) is 1. The number of anilines is 1. The highest BCUT2D eigenvalue weighted by molar-refractivity contribution is 6.07. The number of nitrogens with zero attached hydrogens (tertiary/aromatic N) is 1. The molecule has 1 aromatic heterocycles. The third kappa shape index (κ3) is 2.97. The Morgan fingerprint density at radius 3 is 2.65 bits per heavy atom. The zero-order valence-electron chi connectivity index (χ0n) is 10.6. The number of nitrogens with one attached hydrogen (secondary N) is 1. The van der Waals surface area contributed by atoms with Gasteiger partial charge in [-0.05, 0) is 25.1 Å². The molecule has 0 aliphatic carbocycles. The number of aromatic carboxylic acids is 1. The minimum absolute atomic E-state index is 0.0205. The highest BCUT2D eigenvalue weighted by atomic mass is 19.1. The van der Waals surface area contributed by atoms with Gasteiger partial charge in [-0.3, -0.25) is 4.79 Å². The molecule has 6 heteroatoms. The Kier molecular flexibility index (Phi) is 3.74. The second kappa shape index (κ2) is 5.48. The van der Waals surface area contributed by atoms with Crippen LogP contribution in [-0.2, 0) is 0 Å². The molecule has 0 aliphatic heterocycles. The number of hydrogen-bond donors (Lipinski definition) is 2. The van der Waals surface area contributed by atoms with Gasteiger partial charge in [-0.15, -0.1) is 0 Å². The van der Waals surface area contributed by atoms with E-state index in [0.29, 0.717) is 0 Å². The predicted molar refractivity (Wildman–Crippen MR) is 70.3 cm³/mol. The van der Waals surface area contributed by atoms with Crippen LogP contribution in [0, 0.1) is 12.9 Å². The topological polar surface area (TPSA) is 79.3 Å². The van der Waals surface area contributed by atoms with Crippen molar-refractivity contribution in [3.63, 3.8) is 0 Å². The lowest BCUT2D eigenvalue weighted by atomic mass is 10.1. The quantitative estimate of drug-likeness (QED) is 0.843. The summed E-state index contributed by atoms with van der Waals surface area (Å²) in [7, 11) is 0. The van der Waals surface area contributed by atoms with Crippen LogP contribution in [0.1, 0.15) is 26.3 Å². The van der Waals surface area contributed by atoms with Gasteiger partial charge in [0.15, 0.2) is 0 Å². The van der Waals surface area contributed by atoms with E-state index in [-0.39, 0.29) is 16.8 Å². The predicted octanol–water partition coefficient (Wildman–Crippen LogP) is 2.48. The summed E-state index contributed by atoms with van der Waals surface area (Å²) >= 11 is 0. The molecule has 0 atom stereocenters. The van der Waals surface area contributed by atoms with Gasteiger partial charge in [0.1, 0.15) is 0 Å². The zero-order chi connectivity index (χ0) is 14.7. The van der Waals surface area contributed by atoms with Gasteiger partial charge in [-0.1, -0.05) is 11.6 Å². The SMILES string of the molecule is Cc1ccc(NC(=O)c2ccnc(F)c2)c(C(=O)O)c1. The summed E-state index contributed by atoms with van der Waals surface area (Å²) < 4.78 is 12.9. The van der Waals surface area contributed by atoms with Crippen LogP contribution in [0.4, 0.5) is 10.1 Å². The summed E-state index contributed by atoms with van der Waals surface area (Å²) in [4.78, 5) is 26.4. The third-order valence-corrected chi connectivity index (χ3v) is 2.64. The van der Waals surface area contributed by atoms with E-state index in [1.165, 1.54) is 18.2 Å².